The van der Waals surface area contributed by atoms with Crippen molar-refractivity contribution in [3.05, 3.63) is 0 Å². The Hall–Kier alpha value is 0.400. The zero-order valence-corrected chi connectivity index (χ0v) is 7.89. The molecule has 0 aliphatic carbocycles. The highest BCUT2D eigenvalue weighted by molar-refractivity contribution is 9.09. The molecule has 0 spiro atoms. The first-order chi connectivity index (χ1) is 4.60. The fourth-order valence-corrected chi connectivity index (χ4v) is 1.65. The van der Waals surface area contributed by atoms with E-state index in [9.17, 15) is 0 Å². The van der Waals surface area contributed by atoms with Crippen LogP contribution in [-0.2, 0) is 4.74 Å². The summed E-state index contributed by atoms with van der Waals surface area (Å²) in [6.45, 7) is 4.87. The maximum atomic E-state index is 8.96. The van der Waals surface area contributed by atoms with E-state index in [1.807, 2.05) is 6.92 Å². The lowest BCUT2D eigenvalue weighted by Gasteiger charge is -2.24. The third kappa shape index (κ3) is 1.22. The van der Waals surface area contributed by atoms with Crippen molar-refractivity contribution >= 4 is 15.9 Å². The minimum Gasteiger partial charge on any atom is -0.393 e. The summed E-state index contributed by atoms with van der Waals surface area (Å²) in [5.41, 5.74) is -0.362. The van der Waals surface area contributed by atoms with Crippen LogP contribution in [0.3, 0.4) is 0 Å². The molecule has 2 nitrogen and oxygen atoms in total. The molecule has 1 aliphatic heterocycles. The van der Waals surface area contributed by atoms with Gasteiger partial charge in [-0.15, -0.1) is 0 Å². The fourth-order valence-electron chi connectivity index (χ4n) is 1.22. The quantitative estimate of drug-likeness (QED) is 0.657. The second-order valence-electron chi connectivity index (χ2n) is 3.16. The molecule has 10 heavy (non-hydrogen) atoms. The number of hydrogen-bond acceptors (Lipinski definition) is 2. The third-order valence-corrected chi connectivity index (χ3v) is 3.94. The van der Waals surface area contributed by atoms with Crippen LogP contribution < -0.4 is 0 Å². The zero-order chi connectivity index (χ0) is 7.78. The van der Waals surface area contributed by atoms with Crippen LogP contribution in [-0.4, -0.2) is 28.7 Å². The molecule has 1 rings (SSSR count). The van der Waals surface area contributed by atoms with E-state index in [1.165, 1.54) is 0 Å². The largest absolute Gasteiger partial charge is 0.393 e. The van der Waals surface area contributed by atoms with E-state index < -0.39 is 0 Å². The predicted molar refractivity (Wildman–Crippen MR) is 43.3 cm³/mol. The van der Waals surface area contributed by atoms with Gasteiger partial charge in [-0.3, -0.25) is 0 Å². The van der Waals surface area contributed by atoms with E-state index in [-0.39, 0.29) is 17.0 Å². The van der Waals surface area contributed by atoms with Crippen molar-refractivity contribution in [2.24, 2.45) is 5.92 Å². The van der Waals surface area contributed by atoms with Crippen molar-refractivity contribution in [1.82, 2.24) is 0 Å². The molecule has 3 atom stereocenters. The number of hydrogen-bond donors (Lipinski definition) is 1. The number of halogens is 1. The van der Waals surface area contributed by atoms with Crippen molar-refractivity contribution in [2.45, 2.75) is 24.3 Å². The van der Waals surface area contributed by atoms with Crippen LogP contribution >= 0.6 is 15.9 Å². The summed E-state index contributed by atoms with van der Waals surface area (Å²) >= 11 is 3.50. The molecule has 0 aromatic rings. The van der Waals surface area contributed by atoms with Gasteiger partial charge in [-0.1, -0.05) is 22.9 Å². The summed E-state index contributed by atoms with van der Waals surface area (Å²) in [6, 6.07) is 0. The Morgan fingerprint density at radius 2 is 2.40 bits per heavy atom. The van der Waals surface area contributed by atoms with Crippen molar-refractivity contribution in [2.75, 3.05) is 13.2 Å². The maximum Gasteiger partial charge on any atom is 0.101 e. The van der Waals surface area contributed by atoms with Gasteiger partial charge in [-0.25, -0.2) is 0 Å². The highest BCUT2D eigenvalue weighted by atomic mass is 79.9. The minimum atomic E-state index is -0.362. The van der Waals surface area contributed by atoms with Crippen molar-refractivity contribution < 1.29 is 9.84 Å². The molecule has 60 valence electrons. The molecule has 0 radical (unpaired) electrons. The third-order valence-electron chi connectivity index (χ3n) is 2.07. The Morgan fingerprint density at radius 1 is 1.80 bits per heavy atom. The molecule has 0 saturated carbocycles. The van der Waals surface area contributed by atoms with Crippen molar-refractivity contribution in [3.63, 3.8) is 0 Å². The van der Waals surface area contributed by atoms with Gasteiger partial charge < -0.3 is 9.84 Å². The fraction of sp³-hybridized carbons (Fsp3) is 1.00. The molecule has 1 fully saturated rings. The first-order valence-electron chi connectivity index (χ1n) is 3.49. The molecular formula is C7H13BrO2. The van der Waals surface area contributed by atoms with Crippen LogP contribution in [0.1, 0.15) is 13.8 Å². The summed E-state index contributed by atoms with van der Waals surface area (Å²) in [4.78, 5) is 0.282. The monoisotopic (exact) mass is 208 g/mol. The van der Waals surface area contributed by atoms with Gasteiger partial charge in [0.2, 0.25) is 0 Å². The van der Waals surface area contributed by atoms with Crippen LogP contribution in [0.5, 0.6) is 0 Å². The lowest BCUT2D eigenvalue weighted by molar-refractivity contribution is -0.0208. The van der Waals surface area contributed by atoms with Crippen LogP contribution in [0.15, 0.2) is 0 Å². The van der Waals surface area contributed by atoms with E-state index in [0.29, 0.717) is 5.92 Å². The van der Waals surface area contributed by atoms with E-state index >= 15 is 0 Å². The summed E-state index contributed by atoms with van der Waals surface area (Å²) in [5, 5.41) is 8.96. The number of rotatable bonds is 1. The predicted octanol–water partition coefficient (Wildman–Crippen LogP) is 1.17. The van der Waals surface area contributed by atoms with Crippen LogP contribution in [0.4, 0.5) is 0 Å². The van der Waals surface area contributed by atoms with Crippen LogP contribution in [0.2, 0.25) is 0 Å². The van der Waals surface area contributed by atoms with E-state index in [0.717, 1.165) is 6.61 Å². The normalized spacial score (nSPS) is 48.0. The lowest BCUT2D eigenvalue weighted by Crippen LogP contribution is -2.37. The second-order valence-corrected chi connectivity index (χ2v) is 4.15. The molecular weight excluding hydrogens is 196 g/mol. The minimum absolute atomic E-state index is 0.0905. The Bertz CT molecular complexity index is 129. The van der Waals surface area contributed by atoms with Gasteiger partial charge in [0.05, 0.1) is 18.0 Å². The summed E-state index contributed by atoms with van der Waals surface area (Å²) < 4.78 is 5.42. The van der Waals surface area contributed by atoms with Crippen LogP contribution in [0, 0.1) is 5.92 Å². The van der Waals surface area contributed by atoms with Gasteiger partial charge in [0.1, 0.15) is 5.60 Å². The molecule has 0 amide bonds. The number of ether oxygens (including phenoxy) is 1. The Kier molecular flexibility index (Phi) is 2.38. The molecule has 3 heteroatoms. The molecule has 0 aromatic carbocycles. The lowest BCUT2D eigenvalue weighted by atomic mass is 9.98. The highest BCUT2D eigenvalue weighted by Gasteiger charge is 2.42. The number of aliphatic hydroxyl groups is 1. The van der Waals surface area contributed by atoms with E-state index in [2.05, 4.69) is 22.9 Å². The molecule has 1 aliphatic rings. The van der Waals surface area contributed by atoms with Gasteiger partial charge in [0.15, 0.2) is 0 Å². The van der Waals surface area contributed by atoms with Gasteiger partial charge in [0, 0.05) is 0 Å². The Morgan fingerprint density at radius 3 is 2.60 bits per heavy atom. The van der Waals surface area contributed by atoms with E-state index in [4.69, 9.17) is 9.84 Å². The van der Waals surface area contributed by atoms with Crippen molar-refractivity contribution in [3.8, 4) is 0 Å². The first kappa shape index (κ1) is 8.50. The summed E-state index contributed by atoms with van der Waals surface area (Å²) in [7, 11) is 0. The summed E-state index contributed by atoms with van der Waals surface area (Å²) in [6.07, 6.45) is 0. The zero-order valence-electron chi connectivity index (χ0n) is 6.30. The second kappa shape index (κ2) is 2.80. The molecule has 0 aromatic heterocycles. The highest BCUT2D eigenvalue weighted by Crippen LogP contribution is 2.35. The average molecular weight is 209 g/mol. The standard InChI is InChI=1S/C7H13BrO2/c1-5-3-10-7(2,4-9)6(5)8/h5-6,9H,3-4H2,1-2H3. The molecule has 3 unspecified atom stereocenters. The molecule has 1 N–H and O–H groups in total. The van der Waals surface area contributed by atoms with Crippen molar-refractivity contribution in [1.29, 1.82) is 0 Å². The maximum absolute atomic E-state index is 8.96. The Labute approximate surface area is 69.7 Å². The van der Waals surface area contributed by atoms with E-state index in [1.54, 1.807) is 0 Å². The molecule has 1 heterocycles. The molecule has 0 bridgehead atoms. The average Bonchev–Trinajstić information content (AvgIpc) is 2.19. The smallest absolute Gasteiger partial charge is 0.101 e. The van der Waals surface area contributed by atoms with Gasteiger partial charge in [0.25, 0.3) is 0 Å². The van der Waals surface area contributed by atoms with Crippen LogP contribution in [0.25, 0.3) is 0 Å². The Balaban J connectivity index is 2.64. The molecule has 1 saturated heterocycles. The SMILES string of the molecule is CC1COC(C)(CO)C1Br. The van der Waals surface area contributed by atoms with Gasteiger partial charge in [-0.2, -0.15) is 0 Å². The summed E-state index contributed by atoms with van der Waals surface area (Å²) in [5.74, 6) is 0.497. The topological polar surface area (TPSA) is 29.5 Å². The van der Waals surface area contributed by atoms with Gasteiger partial charge >= 0.3 is 0 Å². The number of aliphatic hydroxyl groups excluding tert-OH is 1. The first-order valence-corrected chi connectivity index (χ1v) is 4.40. The number of alkyl halides is 1. The van der Waals surface area contributed by atoms with Gasteiger partial charge in [-0.05, 0) is 12.8 Å².